The molecule has 0 saturated carbocycles. The van der Waals surface area contributed by atoms with Crippen molar-refractivity contribution in [1.82, 2.24) is 19.6 Å². The van der Waals surface area contributed by atoms with Gasteiger partial charge in [0, 0.05) is 50.3 Å². The van der Waals surface area contributed by atoms with Crippen molar-refractivity contribution in [3.05, 3.63) is 0 Å². The molecule has 12 heteroatoms. The number of hydrogen-bond acceptors (Lipinski definition) is 8. The van der Waals surface area contributed by atoms with Crippen molar-refractivity contribution in [1.29, 1.82) is 0 Å². The van der Waals surface area contributed by atoms with Gasteiger partial charge >= 0.3 is 23.9 Å². The molecule has 4 N–H and O–H groups in total. The zero-order valence-electron chi connectivity index (χ0n) is 22.0. The van der Waals surface area contributed by atoms with E-state index in [0.717, 1.165) is 0 Å². The Morgan fingerprint density at radius 2 is 0.639 bits per heavy atom. The Kier molecular flexibility index (Phi) is 13.9. The quantitative estimate of drug-likeness (QED) is 0.287. The zero-order valence-corrected chi connectivity index (χ0v) is 22.0. The van der Waals surface area contributed by atoms with Crippen LogP contribution < -0.4 is 0 Å². The fourth-order valence-corrected chi connectivity index (χ4v) is 5.16. The predicted molar refractivity (Wildman–Crippen MR) is 133 cm³/mol. The standard InChI is InChI=1S/C24H44N4O8/c1-5-17-9-26(14-22(31)32)19(7-3)11-28(16-24(35)36)20(8-4)12-27(15-23(33)34)18(6-2)10-25(17)13-21(29)30/h17-20H,5-16H2,1-4H3,(H,29,30)(H,31,32)(H,33,34)(H,35,36)/t17-,18-,19?,20?/m0/s1. The van der Waals surface area contributed by atoms with Gasteiger partial charge in [0.05, 0.1) is 26.2 Å². The Morgan fingerprint density at radius 3 is 0.750 bits per heavy atom. The third kappa shape index (κ3) is 10.4. The van der Waals surface area contributed by atoms with Crippen molar-refractivity contribution in [2.75, 3.05) is 52.4 Å². The number of carboxylic acids is 4. The summed E-state index contributed by atoms with van der Waals surface area (Å²) >= 11 is 0. The van der Waals surface area contributed by atoms with Crippen molar-refractivity contribution < 1.29 is 39.6 Å². The SMILES string of the molecule is CCC1CN(CC(=O)O)[C@@H](CC)CN(CC(=O)O)[C@@H](CC)CN(CC(=O)O)C(CC)CN1CC(=O)O. The Bertz CT molecular complexity index is 617. The number of aliphatic carboxylic acids is 4. The van der Waals surface area contributed by atoms with Crippen LogP contribution in [0.3, 0.4) is 0 Å². The van der Waals surface area contributed by atoms with Gasteiger partial charge in [0.2, 0.25) is 0 Å². The average Bonchev–Trinajstić information content (AvgIpc) is 2.78. The Morgan fingerprint density at radius 1 is 0.472 bits per heavy atom. The maximum Gasteiger partial charge on any atom is 0.317 e. The molecule has 0 amide bonds. The fourth-order valence-electron chi connectivity index (χ4n) is 5.16. The lowest BCUT2D eigenvalue weighted by Gasteiger charge is -2.45. The highest BCUT2D eigenvalue weighted by molar-refractivity contribution is 5.70. The van der Waals surface area contributed by atoms with Crippen LogP contribution in [0, 0.1) is 0 Å². The third-order valence-electron chi connectivity index (χ3n) is 7.09. The Balaban J connectivity index is 3.62. The first-order chi connectivity index (χ1) is 16.9. The highest BCUT2D eigenvalue weighted by Crippen LogP contribution is 2.20. The molecular weight excluding hydrogens is 472 g/mol. The van der Waals surface area contributed by atoms with E-state index in [1.165, 1.54) is 0 Å². The molecule has 0 aromatic carbocycles. The number of nitrogens with zero attached hydrogens (tertiary/aromatic N) is 4. The van der Waals surface area contributed by atoms with Crippen molar-refractivity contribution in [3.8, 4) is 0 Å². The van der Waals surface area contributed by atoms with E-state index >= 15 is 0 Å². The number of hydrogen-bond donors (Lipinski definition) is 4. The lowest BCUT2D eigenvalue weighted by atomic mass is 10.0. The van der Waals surface area contributed by atoms with Crippen molar-refractivity contribution in [2.24, 2.45) is 0 Å². The Labute approximate surface area is 213 Å². The first-order valence-corrected chi connectivity index (χ1v) is 12.8. The monoisotopic (exact) mass is 516 g/mol. The summed E-state index contributed by atoms with van der Waals surface area (Å²) in [6.07, 6.45) is 2.30. The molecule has 1 rings (SSSR count). The zero-order chi connectivity index (χ0) is 27.4. The number of carboxylic acid groups (broad SMARTS) is 4. The highest BCUT2D eigenvalue weighted by atomic mass is 16.4. The van der Waals surface area contributed by atoms with Crippen molar-refractivity contribution >= 4 is 23.9 Å². The van der Waals surface area contributed by atoms with Crippen LogP contribution in [0.15, 0.2) is 0 Å². The summed E-state index contributed by atoms with van der Waals surface area (Å²) in [5.41, 5.74) is 0. The molecule has 2 unspecified atom stereocenters. The van der Waals surface area contributed by atoms with Crippen LogP contribution in [0.2, 0.25) is 0 Å². The summed E-state index contributed by atoms with van der Waals surface area (Å²) < 4.78 is 0. The van der Waals surface area contributed by atoms with Crippen LogP contribution >= 0.6 is 0 Å². The lowest BCUT2D eigenvalue weighted by molar-refractivity contribution is -0.144. The van der Waals surface area contributed by atoms with Crippen LogP contribution in [-0.2, 0) is 19.2 Å². The maximum atomic E-state index is 11.8. The molecule has 4 atom stereocenters. The fraction of sp³-hybridized carbons (Fsp3) is 0.833. The first-order valence-electron chi connectivity index (χ1n) is 12.8. The van der Waals surface area contributed by atoms with Crippen LogP contribution in [0.1, 0.15) is 53.4 Å². The summed E-state index contributed by atoms with van der Waals surface area (Å²) in [7, 11) is 0. The minimum Gasteiger partial charge on any atom is -0.480 e. The summed E-state index contributed by atoms with van der Waals surface area (Å²) in [5, 5.41) is 38.5. The van der Waals surface area contributed by atoms with E-state index in [4.69, 9.17) is 0 Å². The number of carbonyl (C=O) groups is 4. The lowest BCUT2D eigenvalue weighted by Crippen LogP contribution is -2.59. The summed E-state index contributed by atoms with van der Waals surface area (Å²) in [6.45, 7) is 7.96. The first kappa shape index (κ1) is 31.7. The van der Waals surface area contributed by atoms with Crippen molar-refractivity contribution in [3.63, 3.8) is 0 Å². The average molecular weight is 517 g/mol. The van der Waals surface area contributed by atoms with E-state index in [1.54, 1.807) is 0 Å². The van der Waals surface area contributed by atoms with Gasteiger partial charge in [-0.05, 0) is 25.7 Å². The second kappa shape index (κ2) is 15.7. The Hall–Kier alpha value is -2.28. The molecule has 36 heavy (non-hydrogen) atoms. The van der Waals surface area contributed by atoms with Gasteiger partial charge in [-0.3, -0.25) is 38.8 Å². The smallest absolute Gasteiger partial charge is 0.317 e. The molecule has 0 aromatic heterocycles. The normalized spacial score (nSPS) is 26.1. The minimum atomic E-state index is -1.00. The molecule has 0 radical (unpaired) electrons. The van der Waals surface area contributed by atoms with Crippen LogP contribution in [-0.4, -0.2) is 140 Å². The molecule has 12 nitrogen and oxygen atoms in total. The molecular formula is C24H44N4O8. The van der Waals surface area contributed by atoms with Gasteiger partial charge in [-0.1, -0.05) is 27.7 Å². The predicted octanol–water partition coefficient (Wildman–Crippen LogP) is 0.661. The van der Waals surface area contributed by atoms with Gasteiger partial charge in [0.15, 0.2) is 0 Å². The van der Waals surface area contributed by atoms with Gasteiger partial charge in [0.1, 0.15) is 0 Å². The molecule has 0 aromatic rings. The molecule has 1 aliphatic rings. The molecule has 1 fully saturated rings. The van der Waals surface area contributed by atoms with E-state index in [2.05, 4.69) is 0 Å². The summed E-state index contributed by atoms with van der Waals surface area (Å²) in [5.74, 6) is -4.01. The van der Waals surface area contributed by atoms with E-state index < -0.39 is 23.9 Å². The highest BCUT2D eigenvalue weighted by Gasteiger charge is 2.34. The molecule has 1 aliphatic heterocycles. The molecule has 0 bridgehead atoms. The van der Waals surface area contributed by atoms with E-state index in [1.807, 2.05) is 47.3 Å². The van der Waals surface area contributed by atoms with Crippen LogP contribution in [0.4, 0.5) is 0 Å². The molecule has 1 saturated heterocycles. The third-order valence-corrected chi connectivity index (χ3v) is 7.09. The van der Waals surface area contributed by atoms with Gasteiger partial charge in [-0.2, -0.15) is 0 Å². The molecule has 1 heterocycles. The second-order valence-corrected chi connectivity index (χ2v) is 9.54. The number of rotatable bonds is 12. The molecule has 0 aliphatic carbocycles. The topological polar surface area (TPSA) is 162 Å². The summed E-state index contributed by atoms with van der Waals surface area (Å²) in [6, 6.07) is -1.09. The van der Waals surface area contributed by atoms with E-state index in [9.17, 15) is 39.6 Å². The van der Waals surface area contributed by atoms with Gasteiger partial charge < -0.3 is 20.4 Å². The van der Waals surface area contributed by atoms with Crippen LogP contribution in [0.5, 0.6) is 0 Å². The second-order valence-electron chi connectivity index (χ2n) is 9.54. The van der Waals surface area contributed by atoms with Gasteiger partial charge in [0.25, 0.3) is 0 Å². The minimum absolute atomic E-state index is 0.240. The van der Waals surface area contributed by atoms with Crippen molar-refractivity contribution in [2.45, 2.75) is 77.5 Å². The maximum absolute atomic E-state index is 11.8. The van der Waals surface area contributed by atoms with Gasteiger partial charge in [-0.15, -0.1) is 0 Å². The van der Waals surface area contributed by atoms with E-state index in [0.29, 0.717) is 51.9 Å². The molecule has 208 valence electrons. The van der Waals surface area contributed by atoms with E-state index in [-0.39, 0.29) is 50.3 Å². The van der Waals surface area contributed by atoms with Gasteiger partial charge in [-0.25, -0.2) is 0 Å². The van der Waals surface area contributed by atoms with Crippen LogP contribution in [0.25, 0.3) is 0 Å². The summed E-state index contributed by atoms with van der Waals surface area (Å²) in [4.78, 5) is 54.3. The molecule has 0 spiro atoms. The largest absolute Gasteiger partial charge is 0.480 e.